The maximum Gasteiger partial charge on any atom is 0.278 e. The van der Waals surface area contributed by atoms with Crippen molar-refractivity contribution >= 4 is 17.7 Å². The number of nitrogens with zero attached hydrogens (tertiary/aromatic N) is 3. The van der Waals surface area contributed by atoms with Crippen LogP contribution in [0.3, 0.4) is 0 Å². The molecule has 0 saturated heterocycles. The van der Waals surface area contributed by atoms with Crippen LogP contribution in [-0.2, 0) is 12.4 Å². The van der Waals surface area contributed by atoms with E-state index < -0.39 is 0 Å². The molecule has 0 radical (unpaired) electrons. The zero-order valence-corrected chi connectivity index (χ0v) is 22.5. The Morgan fingerprint density at radius 2 is 1.77 bits per heavy atom. The molecule has 8 heteroatoms. The first-order valence-corrected chi connectivity index (χ1v) is 14.3. The van der Waals surface area contributed by atoms with E-state index in [0.717, 1.165) is 28.2 Å². The van der Waals surface area contributed by atoms with Gasteiger partial charge in [0.2, 0.25) is 5.43 Å². The van der Waals surface area contributed by atoms with E-state index in [9.17, 15) is 9.59 Å². The highest BCUT2D eigenvalue weighted by molar-refractivity contribution is 7.98. The lowest BCUT2D eigenvalue weighted by atomic mass is 9.93. The molecule has 7 nitrogen and oxygen atoms in total. The van der Waals surface area contributed by atoms with E-state index in [-0.39, 0.29) is 35.4 Å². The Balaban J connectivity index is 1.45. The number of carbonyl (C=O) groups is 1. The van der Waals surface area contributed by atoms with Gasteiger partial charge in [0, 0.05) is 35.0 Å². The molecule has 1 amide bonds. The summed E-state index contributed by atoms with van der Waals surface area (Å²) in [4.78, 5) is 30.1. The van der Waals surface area contributed by atoms with Crippen molar-refractivity contribution in [1.29, 1.82) is 0 Å². The summed E-state index contributed by atoms with van der Waals surface area (Å²) in [5.74, 6) is 1.44. The molecule has 40 heavy (non-hydrogen) atoms. The number of aromatic nitrogens is 1. The van der Waals surface area contributed by atoms with Crippen LogP contribution < -0.4 is 19.9 Å². The Kier molecular flexibility index (Phi) is 6.32. The lowest BCUT2D eigenvalue weighted by Gasteiger charge is -2.44. The molecule has 1 atom stereocenters. The van der Waals surface area contributed by atoms with Crippen LogP contribution in [0, 0.1) is 0 Å². The first-order chi connectivity index (χ1) is 19.7. The van der Waals surface area contributed by atoms with Gasteiger partial charge < -0.3 is 14.4 Å². The molecule has 4 heterocycles. The van der Waals surface area contributed by atoms with E-state index in [2.05, 4.69) is 29.3 Å². The molecule has 0 aliphatic carbocycles. The van der Waals surface area contributed by atoms with Crippen molar-refractivity contribution < 1.29 is 14.3 Å². The van der Waals surface area contributed by atoms with Crippen LogP contribution >= 0.6 is 11.8 Å². The number of amides is 1. The Hall–Kier alpha value is -4.43. The minimum atomic E-state index is -0.321. The highest BCUT2D eigenvalue weighted by atomic mass is 32.2. The molecule has 4 aromatic rings. The predicted octanol–water partition coefficient (Wildman–Crippen LogP) is 5.12. The first kappa shape index (κ1) is 24.6. The first-order valence-electron chi connectivity index (χ1n) is 13.3. The van der Waals surface area contributed by atoms with Crippen LogP contribution in [0.4, 0.5) is 0 Å². The van der Waals surface area contributed by atoms with Crippen molar-refractivity contribution in [2.24, 2.45) is 0 Å². The number of ether oxygens (including phenoxy) is 2. The monoisotopic (exact) mass is 549 g/mol. The number of pyridine rings is 1. The summed E-state index contributed by atoms with van der Waals surface area (Å²) in [6.07, 6.45) is 5.58. The van der Waals surface area contributed by atoms with E-state index in [0.29, 0.717) is 19.8 Å². The van der Waals surface area contributed by atoms with Crippen LogP contribution in [0.5, 0.6) is 11.5 Å². The molecule has 0 fully saturated rings. The molecule has 7 rings (SSSR count). The quantitative estimate of drug-likeness (QED) is 0.331. The minimum Gasteiger partial charge on any atom is -0.489 e. The van der Waals surface area contributed by atoms with Gasteiger partial charge in [-0.05, 0) is 34.9 Å². The van der Waals surface area contributed by atoms with Gasteiger partial charge in [-0.3, -0.25) is 19.3 Å². The molecule has 3 aliphatic rings. The number of carbonyl (C=O) groups excluding carboxylic acids is 1. The maximum absolute atomic E-state index is 14.0. The largest absolute Gasteiger partial charge is 0.489 e. The van der Waals surface area contributed by atoms with E-state index in [1.165, 1.54) is 16.5 Å². The number of rotatable bonds is 3. The number of thioether (sulfide) groups is 1. The van der Waals surface area contributed by atoms with Crippen molar-refractivity contribution in [3.05, 3.63) is 135 Å². The topological polar surface area (TPSA) is 64.0 Å². The fourth-order valence-corrected chi connectivity index (χ4v) is 6.69. The summed E-state index contributed by atoms with van der Waals surface area (Å²) in [5, 5.41) is 2.15. The van der Waals surface area contributed by atoms with Crippen LogP contribution in [0.15, 0.2) is 107 Å². The van der Waals surface area contributed by atoms with Crippen molar-refractivity contribution in [3.63, 3.8) is 0 Å². The second-order valence-electron chi connectivity index (χ2n) is 9.93. The molecule has 3 aromatic carbocycles. The van der Waals surface area contributed by atoms with Crippen molar-refractivity contribution in [1.82, 2.24) is 9.58 Å². The molecule has 0 unspecified atom stereocenters. The normalized spacial score (nSPS) is 18.3. The van der Waals surface area contributed by atoms with Gasteiger partial charge in [0.05, 0.1) is 0 Å². The molecule has 0 N–H and O–H groups in total. The highest BCUT2D eigenvalue weighted by Crippen LogP contribution is 2.46. The summed E-state index contributed by atoms with van der Waals surface area (Å²) in [7, 11) is 0. The average molecular weight is 550 g/mol. The third kappa shape index (κ3) is 4.25. The van der Waals surface area contributed by atoms with Crippen LogP contribution in [0.2, 0.25) is 0 Å². The molecular formula is C32H27N3O4S. The second-order valence-corrected chi connectivity index (χ2v) is 10.9. The molecule has 2 bridgehead atoms. The predicted molar refractivity (Wildman–Crippen MR) is 155 cm³/mol. The number of benzene rings is 3. The van der Waals surface area contributed by atoms with Crippen molar-refractivity contribution in [2.45, 2.75) is 23.3 Å². The number of hydrogen-bond donors (Lipinski definition) is 0. The molecule has 0 saturated carbocycles. The van der Waals surface area contributed by atoms with Crippen molar-refractivity contribution in [2.75, 3.05) is 24.8 Å². The van der Waals surface area contributed by atoms with Crippen LogP contribution in [0.25, 0.3) is 0 Å². The molecule has 200 valence electrons. The van der Waals surface area contributed by atoms with Gasteiger partial charge in [0.1, 0.15) is 31.7 Å². The average Bonchev–Trinajstić information content (AvgIpc) is 3.17. The highest BCUT2D eigenvalue weighted by Gasteiger charge is 2.40. The van der Waals surface area contributed by atoms with E-state index in [4.69, 9.17) is 9.47 Å². The van der Waals surface area contributed by atoms with Gasteiger partial charge in [-0.15, -0.1) is 11.8 Å². The van der Waals surface area contributed by atoms with Crippen LogP contribution in [-0.4, -0.2) is 35.3 Å². The van der Waals surface area contributed by atoms with Gasteiger partial charge >= 0.3 is 0 Å². The summed E-state index contributed by atoms with van der Waals surface area (Å²) in [5.41, 5.74) is 4.20. The molecule has 0 spiro atoms. The van der Waals surface area contributed by atoms with Crippen molar-refractivity contribution in [3.8, 4) is 11.5 Å². The zero-order valence-electron chi connectivity index (χ0n) is 21.7. The third-order valence-electron chi connectivity index (χ3n) is 7.50. The second kappa shape index (κ2) is 10.3. The third-order valence-corrected chi connectivity index (χ3v) is 8.63. The van der Waals surface area contributed by atoms with Crippen LogP contribution in [0.1, 0.15) is 38.8 Å². The zero-order chi connectivity index (χ0) is 27.1. The summed E-state index contributed by atoms with van der Waals surface area (Å²) in [6.45, 7) is 1.29. The molecular weight excluding hydrogens is 522 g/mol. The number of hydrogen-bond acceptors (Lipinski definition) is 6. The lowest BCUT2D eigenvalue weighted by molar-refractivity contribution is 0.0698. The fraction of sp³-hybridized carbons (Fsp3) is 0.188. The fourth-order valence-electron chi connectivity index (χ4n) is 5.61. The minimum absolute atomic E-state index is 0.0611. The number of fused-ring (bicyclic) bond motifs is 7. The standard InChI is InChI=1S/C32H27N3O4S/c36-25-15-17-34-30(31(25)39-19-22-9-2-1-3-10-22)32(37)33-16-6-7-18-38-26-13-8-11-23-20-40-27-14-5-4-12-24(27)29(28(23)26)35(34)21-33/h1-15,17,29H,16,18-21H2/b7-6-/t29-/m1/s1. The van der Waals surface area contributed by atoms with Gasteiger partial charge in [-0.25, -0.2) is 0 Å². The summed E-state index contributed by atoms with van der Waals surface area (Å²) in [6, 6.07) is 25.5. The van der Waals surface area contributed by atoms with E-state index >= 15 is 0 Å². The molecule has 3 aliphatic heterocycles. The van der Waals surface area contributed by atoms with Gasteiger partial charge in [0.25, 0.3) is 5.91 Å². The maximum atomic E-state index is 14.0. The Morgan fingerprint density at radius 1 is 0.925 bits per heavy atom. The smallest absolute Gasteiger partial charge is 0.278 e. The van der Waals surface area contributed by atoms with Gasteiger partial charge in [0.15, 0.2) is 11.4 Å². The Bertz CT molecular complexity index is 1680. The SMILES string of the molecule is O=C1c2c(OCc3ccccc3)c(=O)ccn2N2CN1C/C=C\COc1cccc3c1[C@H]2c1ccccc1SC3. The Labute approximate surface area is 236 Å². The molecule has 1 aromatic heterocycles. The van der Waals surface area contributed by atoms with Gasteiger partial charge in [-0.2, -0.15) is 0 Å². The van der Waals surface area contributed by atoms with Gasteiger partial charge in [-0.1, -0.05) is 66.7 Å². The van der Waals surface area contributed by atoms with E-state index in [1.807, 2.05) is 65.4 Å². The van der Waals surface area contributed by atoms with E-state index in [1.54, 1.807) is 22.9 Å². The Morgan fingerprint density at radius 3 is 2.67 bits per heavy atom. The summed E-state index contributed by atoms with van der Waals surface area (Å²) >= 11 is 1.80. The summed E-state index contributed by atoms with van der Waals surface area (Å²) < 4.78 is 14.3. The lowest BCUT2D eigenvalue weighted by Crippen LogP contribution is -2.55.